The van der Waals surface area contributed by atoms with Gasteiger partial charge in [0.25, 0.3) is 5.56 Å². The number of methoxy groups -OCH3 is 1. The molecule has 0 saturated carbocycles. The topological polar surface area (TPSA) is 73.2 Å². The van der Waals surface area contributed by atoms with Crippen molar-refractivity contribution in [2.45, 2.75) is 24.7 Å². The monoisotopic (exact) mass is 381 g/mol. The second kappa shape index (κ2) is 9.03. The lowest BCUT2D eigenvalue weighted by Crippen LogP contribution is -2.36. The van der Waals surface area contributed by atoms with Gasteiger partial charge in [-0.25, -0.2) is 4.98 Å². The number of nitrogens with zero attached hydrogens (tertiary/aromatic N) is 2. The van der Waals surface area contributed by atoms with E-state index >= 15 is 0 Å². The van der Waals surface area contributed by atoms with Crippen LogP contribution in [0.15, 0.2) is 40.8 Å². The summed E-state index contributed by atoms with van der Waals surface area (Å²) >= 11 is 7.19. The Bertz CT molecular complexity index is 838. The Kier molecular flexibility index (Phi) is 7.04. The molecule has 134 valence electrons. The summed E-state index contributed by atoms with van der Waals surface area (Å²) in [5.41, 5.74) is 0.325. The minimum atomic E-state index is -0.183. The van der Waals surface area contributed by atoms with Crippen molar-refractivity contribution in [3.8, 4) is 0 Å². The molecule has 1 amide bonds. The van der Waals surface area contributed by atoms with Gasteiger partial charge in [0.05, 0.1) is 23.3 Å². The van der Waals surface area contributed by atoms with Gasteiger partial charge >= 0.3 is 0 Å². The van der Waals surface area contributed by atoms with Gasteiger partial charge in [0.2, 0.25) is 5.91 Å². The third-order valence-electron chi connectivity index (χ3n) is 3.35. The summed E-state index contributed by atoms with van der Waals surface area (Å²) in [7, 11) is 1.58. The maximum Gasteiger partial charge on any atom is 0.262 e. The Labute approximate surface area is 155 Å². The van der Waals surface area contributed by atoms with Crippen LogP contribution in [-0.4, -0.2) is 41.0 Å². The summed E-state index contributed by atoms with van der Waals surface area (Å²) in [5, 5.41) is 4.26. The van der Waals surface area contributed by atoms with Crippen LogP contribution in [0.25, 0.3) is 10.9 Å². The molecule has 1 aromatic heterocycles. The molecule has 2 rings (SSSR count). The lowest BCUT2D eigenvalue weighted by Gasteiger charge is -2.14. The summed E-state index contributed by atoms with van der Waals surface area (Å²) < 4.78 is 6.49. The molecule has 0 fully saturated rings. The molecule has 25 heavy (non-hydrogen) atoms. The molecule has 1 N–H and O–H groups in total. The summed E-state index contributed by atoms with van der Waals surface area (Å²) in [6.07, 6.45) is 1.62. The normalized spacial score (nSPS) is 12.1. The third-order valence-corrected chi connectivity index (χ3v) is 4.56. The first-order valence-electron chi connectivity index (χ1n) is 7.68. The number of carbonyl (C=O) groups excluding carboxylic acids is 1. The van der Waals surface area contributed by atoms with Crippen molar-refractivity contribution in [1.82, 2.24) is 14.9 Å². The molecule has 0 aliphatic rings. The van der Waals surface area contributed by atoms with Crippen molar-refractivity contribution in [2.75, 3.05) is 19.5 Å². The largest absolute Gasteiger partial charge is 0.383 e. The van der Waals surface area contributed by atoms with Crippen LogP contribution in [0.3, 0.4) is 0 Å². The van der Waals surface area contributed by atoms with E-state index in [1.807, 2.05) is 6.92 Å². The van der Waals surface area contributed by atoms with Gasteiger partial charge in [-0.1, -0.05) is 29.4 Å². The highest BCUT2D eigenvalue weighted by Gasteiger charge is 2.14. The highest BCUT2D eigenvalue weighted by molar-refractivity contribution is 7.99. The van der Waals surface area contributed by atoms with Gasteiger partial charge in [0.1, 0.15) is 0 Å². The van der Waals surface area contributed by atoms with Gasteiger partial charge < -0.3 is 10.1 Å². The summed E-state index contributed by atoms with van der Waals surface area (Å²) in [5.74, 6) is -0.0101. The van der Waals surface area contributed by atoms with E-state index < -0.39 is 0 Å². The van der Waals surface area contributed by atoms with Crippen molar-refractivity contribution < 1.29 is 9.53 Å². The summed E-state index contributed by atoms with van der Waals surface area (Å²) in [6.45, 7) is 6.28. The van der Waals surface area contributed by atoms with Crippen molar-refractivity contribution in [3.63, 3.8) is 0 Å². The zero-order valence-electron chi connectivity index (χ0n) is 14.1. The predicted molar refractivity (Wildman–Crippen MR) is 101 cm³/mol. The third kappa shape index (κ3) is 5.07. The van der Waals surface area contributed by atoms with Crippen LogP contribution in [0.2, 0.25) is 5.02 Å². The standard InChI is InChI=1S/C17H20ClN3O3S/c1-4-7-21-16(23)13-6-5-12(18)8-14(13)20-17(21)25-10-15(22)19-11(2)9-24-3/h4-6,8,11H,1,7,9-10H2,2-3H3,(H,19,22). The van der Waals surface area contributed by atoms with Gasteiger partial charge in [0, 0.05) is 24.7 Å². The lowest BCUT2D eigenvalue weighted by atomic mass is 10.2. The van der Waals surface area contributed by atoms with E-state index in [0.29, 0.717) is 34.2 Å². The Balaban J connectivity index is 2.26. The number of fused-ring (bicyclic) bond motifs is 1. The number of halogens is 1. The Morgan fingerprint density at radius 3 is 3.00 bits per heavy atom. The fourth-order valence-electron chi connectivity index (χ4n) is 2.31. The molecule has 0 aliphatic heterocycles. The molecule has 8 heteroatoms. The molecule has 1 heterocycles. The van der Waals surface area contributed by atoms with Crippen LogP contribution in [0.4, 0.5) is 0 Å². The first-order valence-corrected chi connectivity index (χ1v) is 9.04. The second-order valence-electron chi connectivity index (χ2n) is 5.47. The van der Waals surface area contributed by atoms with E-state index in [2.05, 4.69) is 16.9 Å². The van der Waals surface area contributed by atoms with Crippen LogP contribution in [0.1, 0.15) is 6.92 Å². The van der Waals surface area contributed by atoms with Crippen molar-refractivity contribution >= 4 is 40.2 Å². The number of ether oxygens (including phenoxy) is 1. The summed E-state index contributed by atoms with van der Waals surface area (Å²) in [6, 6.07) is 4.86. The molecule has 0 spiro atoms. The Morgan fingerprint density at radius 1 is 1.56 bits per heavy atom. The Hall–Kier alpha value is -1.83. The number of amides is 1. The lowest BCUT2D eigenvalue weighted by molar-refractivity contribution is -0.119. The maximum absolute atomic E-state index is 12.7. The molecule has 6 nitrogen and oxygen atoms in total. The molecular weight excluding hydrogens is 362 g/mol. The van der Waals surface area contributed by atoms with Crippen LogP contribution in [0.5, 0.6) is 0 Å². The van der Waals surface area contributed by atoms with Crippen molar-refractivity contribution in [2.24, 2.45) is 0 Å². The quantitative estimate of drug-likeness (QED) is 0.432. The van der Waals surface area contributed by atoms with E-state index in [9.17, 15) is 9.59 Å². The SMILES string of the molecule is C=CCn1c(SCC(=O)NC(C)COC)nc2cc(Cl)ccc2c1=O. The van der Waals surface area contributed by atoms with Crippen LogP contribution in [-0.2, 0) is 16.1 Å². The van der Waals surface area contributed by atoms with Gasteiger partial charge in [-0.2, -0.15) is 0 Å². The fourth-order valence-corrected chi connectivity index (χ4v) is 3.30. The molecule has 1 unspecified atom stereocenters. The van der Waals surface area contributed by atoms with E-state index in [4.69, 9.17) is 16.3 Å². The highest BCUT2D eigenvalue weighted by Crippen LogP contribution is 2.20. The van der Waals surface area contributed by atoms with Gasteiger partial charge in [0.15, 0.2) is 5.16 Å². The molecule has 2 aromatic rings. The predicted octanol–water partition coefficient (Wildman–Crippen LogP) is 2.48. The van der Waals surface area contributed by atoms with E-state index in [1.165, 1.54) is 16.3 Å². The van der Waals surface area contributed by atoms with Crippen LogP contribution in [0, 0.1) is 0 Å². The molecule has 0 bridgehead atoms. The first-order chi connectivity index (χ1) is 12.0. The fraction of sp³-hybridized carbons (Fsp3) is 0.353. The maximum atomic E-state index is 12.7. The minimum Gasteiger partial charge on any atom is -0.383 e. The molecule has 0 radical (unpaired) electrons. The van der Waals surface area contributed by atoms with E-state index in [-0.39, 0.29) is 23.3 Å². The van der Waals surface area contributed by atoms with Gasteiger partial charge in [-0.05, 0) is 25.1 Å². The first kappa shape index (κ1) is 19.5. The molecule has 1 atom stereocenters. The number of hydrogen-bond acceptors (Lipinski definition) is 5. The van der Waals surface area contributed by atoms with Crippen molar-refractivity contribution in [1.29, 1.82) is 0 Å². The molecule has 0 aliphatic carbocycles. The van der Waals surface area contributed by atoms with Crippen molar-refractivity contribution in [3.05, 3.63) is 46.2 Å². The zero-order chi connectivity index (χ0) is 18.4. The molecule has 1 aromatic carbocycles. The number of benzene rings is 1. The van der Waals surface area contributed by atoms with Gasteiger partial charge in [-0.3, -0.25) is 14.2 Å². The number of carbonyl (C=O) groups is 1. The highest BCUT2D eigenvalue weighted by atomic mass is 35.5. The number of nitrogens with one attached hydrogen (secondary N) is 1. The van der Waals surface area contributed by atoms with Crippen LogP contribution < -0.4 is 10.9 Å². The molecule has 0 saturated heterocycles. The smallest absolute Gasteiger partial charge is 0.262 e. The number of rotatable bonds is 8. The minimum absolute atomic E-state index is 0.0863. The second-order valence-corrected chi connectivity index (χ2v) is 6.85. The number of thioether (sulfide) groups is 1. The number of aromatic nitrogens is 2. The summed E-state index contributed by atoms with van der Waals surface area (Å²) in [4.78, 5) is 29.2. The number of hydrogen-bond donors (Lipinski definition) is 1. The van der Waals surface area contributed by atoms with Gasteiger partial charge in [-0.15, -0.1) is 6.58 Å². The Morgan fingerprint density at radius 2 is 2.32 bits per heavy atom. The van der Waals surface area contributed by atoms with E-state index in [0.717, 1.165) is 0 Å². The van der Waals surface area contributed by atoms with E-state index in [1.54, 1.807) is 31.4 Å². The molecular formula is C17H20ClN3O3S. The average Bonchev–Trinajstić information content (AvgIpc) is 2.56. The van der Waals surface area contributed by atoms with Crippen LogP contribution >= 0.6 is 23.4 Å². The average molecular weight is 382 g/mol. The zero-order valence-corrected chi connectivity index (χ0v) is 15.7. The number of allylic oxidation sites excluding steroid dienone is 1.